The molecule has 1 heterocycles. The largest absolute Gasteiger partial charge is 0.389 e. The third kappa shape index (κ3) is 2.88. The van der Waals surface area contributed by atoms with E-state index >= 15 is 0 Å². The molecule has 2 N–H and O–H groups in total. The van der Waals surface area contributed by atoms with Crippen LogP contribution in [0.15, 0.2) is 18.3 Å². The molecule has 1 aromatic heterocycles. The first-order valence-corrected chi connectivity index (χ1v) is 4.77. The molecule has 0 fully saturated rings. The molecule has 2 unspecified atom stereocenters. The van der Waals surface area contributed by atoms with E-state index in [9.17, 15) is 20.3 Å². The first-order chi connectivity index (χ1) is 7.06. The molecule has 15 heavy (non-hydrogen) atoms. The normalized spacial score (nSPS) is 14.6. The molecule has 0 saturated carbocycles. The van der Waals surface area contributed by atoms with Crippen molar-refractivity contribution < 1.29 is 15.1 Å². The highest BCUT2D eigenvalue weighted by Gasteiger charge is 2.18. The summed E-state index contributed by atoms with van der Waals surface area (Å²) in [5.74, 6) is 0.0832. The number of thiol groups is 1. The average Bonchev–Trinajstić information content (AvgIpc) is 2.27. The van der Waals surface area contributed by atoms with Crippen LogP contribution in [-0.4, -0.2) is 32.0 Å². The molecule has 0 amide bonds. The highest BCUT2D eigenvalue weighted by Crippen LogP contribution is 2.17. The standard InChI is InChI=1S/C8H10N2O4S/c11-7(4-15)8(12)6-2-1-5(3-9-6)10(13)14/h1-3,7-8,11-12,15H,4H2. The summed E-state index contributed by atoms with van der Waals surface area (Å²) in [5.41, 5.74) is 0.0217. The number of hydrogen-bond acceptors (Lipinski definition) is 6. The smallest absolute Gasteiger partial charge is 0.287 e. The lowest BCUT2D eigenvalue weighted by Gasteiger charge is -2.14. The molecule has 1 rings (SSSR count). The van der Waals surface area contributed by atoms with E-state index in [-0.39, 0.29) is 17.1 Å². The van der Waals surface area contributed by atoms with Gasteiger partial charge in [-0.25, -0.2) is 0 Å². The van der Waals surface area contributed by atoms with E-state index in [0.29, 0.717) is 0 Å². The van der Waals surface area contributed by atoms with Gasteiger partial charge in [0.2, 0.25) is 0 Å². The number of hydrogen-bond donors (Lipinski definition) is 3. The number of nitrogens with zero attached hydrogens (tertiary/aromatic N) is 2. The van der Waals surface area contributed by atoms with Gasteiger partial charge in [0.25, 0.3) is 5.69 Å². The van der Waals surface area contributed by atoms with Crippen molar-refractivity contribution in [3.05, 3.63) is 34.1 Å². The summed E-state index contributed by atoms with van der Waals surface area (Å²) in [6.07, 6.45) is -1.19. The fourth-order valence-electron chi connectivity index (χ4n) is 0.977. The van der Waals surface area contributed by atoms with Gasteiger partial charge in [-0.2, -0.15) is 12.6 Å². The number of aliphatic hydroxyl groups excluding tert-OH is 2. The minimum Gasteiger partial charge on any atom is -0.389 e. The SMILES string of the molecule is O=[N+]([O-])c1ccc(C(O)C(O)CS)nc1. The van der Waals surface area contributed by atoms with Crippen molar-refractivity contribution in [1.29, 1.82) is 0 Å². The van der Waals surface area contributed by atoms with Gasteiger partial charge in [0.15, 0.2) is 0 Å². The minimum absolute atomic E-state index is 0.0832. The van der Waals surface area contributed by atoms with E-state index in [1.54, 1.807) is 0 Å². The van der Waals surface area contributed by atoms with Crippen LogP contribution in [0.25, 0.3) is 0 Å². The predicted molar refractivity (Wildman–Crippen MR) is 55.7 cm³/mol. The lowest BCUT2D eigenvalue weighted by Crippen LogP contribution is -2.20. The van der Waals surface area contributed by atoms with Gasteiger partial charge in [-0.15, -0.1) is 0 Å². The van der Waals surface area contributed by atoms with Crippen molar-refractivity contribution in [3.63, 3.8) is 0 Å². The second-order valence-electron chi connectivity index (χ2n) is 2.89. The maximum atomic E-state index is 10.3. The van der Waals surface area contributed by atoms with Crippen molar-refractivity contribution in [3.8, 4) is 0 Å². The van der Waals surface area contributed by atoms with E-state index in [1.165, 1.54) is 12.1 Å². The summed E-state index contributed by atoms with van der Waals surface area (Å²) in [7, 11) is 0. The number of pyridine rings is 1. The molecule has 7 heteroatoms. The first kappa shape index (κ1) is 11.9. The molecule has 0 aromatic carbocycles. The number of rotatable bonds is 4. The number of aliphatic hydroxyl groups is 2. The zero-order chi connectivity index (χ0) is 11.4. The molecule has 1 aromatic rings. The fourth-order valence-corrected chi connectivity index (χ4v) is 1.18. The lowest BCUT2D eigenvalue weighted by molar-refractivity contribution is -0.385. The quantitative estimate of drug-likeness (QED) is 0.393. The van der Waals surface area contributed by atoms with E-state index in [2.05, 4.69) is 17.6 Å². The van der Waals surface area contributed by atoms with Crippen LogP contribution in [0.4, 0.5) is 5.69 Å². The summed E-state index contributed by atoms with van der Waals surface area (Å²) in [6, 6.07) is 2.52. The minimum atomic E-state index is -1.18. The highest BCUT2D eigenvalue weighted by molar-refractivity contribution is 7.80. The third-order valence-corrected chi connectivity index (χ3v) is 2.21. The second kappa shape index (κ2) is 5.06. The van der Waals surface area contributed by atoms with Crippen LogP contribution >= 0.6 is 12.6 Å². The molecule has 0 aliphatic rings. The van der Waals surface area contributed by atoms with E-state index in [0.717, 1.165) is 6.20 Å². The van der Waals surface area contributed by atoms with Gasteiger partial charge in [0.05, 0.1) is 16.7 Å². The Bertz CT molecular complexity index is 343. The van der Waals surface area contributed by atoms with Crippen LogP contribution in [0.5, 0.6) is 0 Å². The Morgan fingerprint density at radius 2 is 2.20 bits per heavy atom. The Kier molecular flexibility index (Phi) is 4.01. The van der Waals surface area contributed by atoms with E-state index < -0.39 is 17.1 Å². The zero-order valence-corrected chi connectivity index (χ0v) is 8.54. The summed E-state index contributed by atoms with van der Waals surface area (Å²) in [6.45, 7) is 0. The Labute approximate surface area is 91.1 Å². The van der Waals surface area contributed by atoms with Crippen LogP contribution in [-0.2, 0) is 0 Å². The van der Waals surface area contributed by atoms with Gasteiger partial charge in [-0.1, -0.05) is 0 Å². The van der Waals surface area contributed by atoms with Crippen molar-refractivity contribution in [2.24, 2.45) is 0 Å². The Hall–Kier alpha value is -1.18. The van der Waals surface area contributed by atoms with Crippen LogP contribution in [0.2, 0.25) is 0 Å². The molecule has 0 aliphatic carbocycles. The van der Waals surface area contributed by atoms with Crippen LogP contribution in [0.1, 0.15) is 11.8 Å². The summed E-state index contributed by atoms with van der Waals surface area (Å²) >= 11 is 3.81. The molecule has 0 aliphatic heterocycles. The van der Waals surface area contributed by atoms with Crippen LogP contribution < -0.4 is 0 Å². The van der Waals surface area contributed by atoms with Gasteiger partial charge in [-0.3, -0.25) is 15.1 Å². The van der Waals surface area contributed by atoms with E-state index in [4.69, 9.17) is 0 Å². The van der Waals surface area contributed by atoms with Crippen molar-refractivity contribution >= 4 is 18.3 Å². The molecule has 0 radical (unpaired) electrons. The van der Waals surface area contributed by atoms with Crippen LogP contribution in [0.3, 0.4) is 0 Å². The summed E-state index contributed by atoms with van der Waals surface area (Å²) in [4.78, 5) is 13.4. The van der Waals surface area contributed by atoms with Crippen molar-refractivity contribution in [2.45, 2.75) is 12.2 Å². The molecule has 2 atom stereocenters. The van der Waals surface area contributed by atoms with Gasteiger partial charge in [-0.05, 0) is 6.07 Å². The molecular weight excluding hydrogens is 220 g/mol. The van der Waals surface area contributed by atoms with E-state index in [1.807, 2.05) is 0 Å². The number of aromatic nitrogens is 1. The van der Waals surface area contributed by atoms with Gasteiger partial charge >= 0.3 is 0 Å². The lowest BCUT2D eigenvalue weighted by atomic mass is 10.1. The van der Waals surface area contributed by atoms with Gasteiger partial charge in [0.1, 0.15) is 12.3 Å². The van der Waals surface area contributed by atoms with Gasteiger partial charge < -0.3 is 10.2 Å². The van der Waals surface area contributed by atoms with Crippen molar-refractivity contribution in [2.75, 3.05) is 5.75 Å². The fraction of sp³-hybridized carbons (Fsp3) is 0.375. The Balaban J connectivity index is 2.84. The Morgan fingerprint density at radius 3 is 2.60 bits per heavy atom. The summed E-state index contributed by atoms with van der Waals surface area (Å²) < 4.78 is 0. The monoisotopic (exact) mass is 230 g/mol. The second-order valence-corrected chi connectivity index (χ2v) is 3.26. The average molecular weight is 230 g/mol. The third-order valence-electron chi connectivity index (χ3n) is 1.84. The summed E-state index contributed by atoms with van der Waals surface area (Å²) in [5, 5.41) is 29.1. The molecule has 6 nitrogen and oxygen atoms in total. The topological polar surface area (TPSA) is 96.5 Å². The maximum Gasteiger partial charge on any atom is 0.287 e. The predicted octanol–water partition coefficient (Wildman–Crippen LogP) is 0.314. The van der Waals surface area contributed by atoms with Crippen molar-refractivity contribution in [1.82, 2.24) is 4.98 Å². The molecule has 0 bridgehead atoms. The van der Waals surface area contributed by atoms with Crippen LogP contribution in [0, 0.1) is 10.1 Å². The zero-order valence-electron chi connectivity index (χ0n) is 7.65. The highest BCUT2D eigenvalue weighted by atomic mass is 32.1. The maximum absolute atomic E-state index is 10.3. The molecular formula is C8H10N2O4S. The molecule has 82 valence electrons. The Morgan fingerprint density at radius 1 is 1.53 bits per heavy atom. The first-order valence-electron chi connectivity index (χ1n) is 4.13. The molecule has 0 saturated heterocycles. The number of nitro groups is 1. The molecule has 0 spiro atoms. The van der Waals surface area contributed by atoms with Gasteiger partial charge in [0, 0.05) is 11.8 Å².